The van der Waals surface area contributed by atoms with E-state index >= 15 is 0 Å². The molecule has 2 fully saturated rings. The van der Waals surface area contributed by atoms with Gasteiger partial charge in [0.25, 0.3) is 0 Å². The summed E-state index contributed by atoms with van der Waals surface area (Å²) >= 11 is 0. The first-order chi connectivity index (χ1) is 14.4. The Labute approximate surface area is 176 Å². The van der Waals surface area contributed by atoms with Crippen molar-refractivity contribution in [1.29, 1.82) is 0 Å². The number of rotatable bonds is 2. The summed E-state index contributed by atoms with van der Waals surface area (Å²) in [4.78, 5) is 53.0. The smallest absolute Gasteiger partial charge is 0.308 e. The van der Waals surface area contributed by atoms with E-state index < -0.39 is 11.8 Å². The van der Waals surface area contributed by atoms with Crippen molar-refractivity contribution in [3.05, 3.63) is 41.5 Å². The van der Waals surface area contributed by atoms with Gasteiger partial charge in [-0.3, -0.25) is 24.1 Å². The molecule has 0 unspecified atom stereocenters. The van der Waals surface area contributed by atoms with Crippen LogP contribution in [0.2, 0.25) is 0 Å². The lowest BCUT2D eigenvalue weighted by molar-refractivity contribution is -0.145. The molecule has 0 spiro atoms. The number of carbonyl (C=O) groups is 4. The maximum absolute atomic E-state index is 13.5. The molecule has 4 atom stereocenters. The molecule has 0 N–H and O–H groups in total. The first-order valence-corrected chi connectivity index (χ1v) is 10.6. The number of methoxy groups -OCH3 is 1. The minimum atomic E-state index is -0.545. The van der Waals surface area contributed by atoms with Crippen LogP contribution in [0.15, 0.2) is 41.5 Å². The van der Waals surface area contributed by atoms with Gasteiger partial charge in [0.05, 0.1) is 30.6 Å². The van der Waals surface area contributed by atoms with Crippen LogP contribution in [0.5, 0.6) is 0 Å². The van der Waals surface area contributed by atoms with Crippen LogP contribution in [-0.2, 0) is 23.9 Å². The van der Waals surface area contributed by atoms with Crippen LogP contribution in [0, 0.1) is 23.7 Å². The van der Waals surface area contributed by atoms with Gasteiger partial charge in [0.2, 0.25) is 11.8 Å². The number of imide groups is 1. The normalized spacial score (nSPS) is 29.7. The van der Waals surface area contributed by atoms with Crippen LogP contribution in [0.25, 0.3) is 0 Å². The van der Waals surface area contributed by atoms with Crippen molar-refractivity contribution in [2.24, 2.45) is 23.7 Å². The summed E-state index contributed by atoms with van der Waals surface area (Å²) in [6, 6.07) is 8.97. The van der Waals surface area contributed by atoms with Gasteiger partial charge in [0, 0.05) is 12.8 Å². The summed E-state index contributed by atoms with van der Waals surface area (Å²) in [6.45, 7) is 1.97. The highest BCUT2D eigenvalue weighted by Crippen LogP contribution is 2.49. The monoisotopic (exact) mass is 409 g/mol. The molecule has 1 saturated heterocycles. The highest BCUT2D eigenvalue weighted by molar-refractivity contribution is 6.22. The van der Waals surface area contributed by atoms with Gasteiger partial charge in [0.1, 0.15) is 5.78 Å². The van der Waals surface area contributed by atoms with Crippen LogP contribution in [0.1, 0.15) is 45.4 Å². The average Bonchev–Trinajstić information content (AvgIpc) is 3.02. The van der Waals surface area contributed by atoms with Crippen LogP contribution >= 0.6 is 0 Å². The summed E-state index contributed by atoms with van der Waals surface area (Å²) in [5.41, 5.74) is 2.60. The summed E-state index contributed by atoms with van der Waals surface area (Å²) < 4.78 is 4.99. The molecule has 6 heteroatoms. The van der Waals surface area contributed by atoms with Gasteiger partial charge in [-0.1, -0.05) is 29.3 Å². The number of para-hydroxylation sites is 1. The van der Waals surface area contributed by atoms with E-state index in [1.165, 1.54) is 12.0 Å². The Bertz CT molecular complexity index is 919. The second-order valence-corrected chi connectivity index (χ2v) is 8.66. The molecule has 1 heterocycles. The van der Waals surface area contributed by atoms with Gasteiger partial charge in [-0.25, -0.2) is 0 Å². The molecule has 1 saturated carbocycles. The number of Topliss-reactive ketones (excluding diaryl/α,β-unsaturated/α-hetero) is 1. The molecular formula is C24H27NO5. The Balaban J connectivity index is 1.73. The molecule has 2 amide bonds. The molecule has 3 aliphatic rings. The Hall–Kier alpha value is -2.76. The molecule has 0 radical (unpaired) electrons. The first kappa shape index (κ1) is 20.5. The van der Waals surface area contributed by atoms with E-state index in [4.69, 9.17) is 4.74 Å². The van der Waals surface area contributed by atoms with E-state index in [0.29, 0.717) is 37.8 Å². The fourth-order valence-corrected chi connectivity index (χ4v) is 5.45. The van der Waals surface area contributed by atoms with Crippen molar-refractivity contribution in [3.8, 4) is 0 Å². The SMILES string of the molecule is COC(=O)[C@H]1CCCC(=O)C[C@@H]2C(=C(C)C[C@@H]3C(=O)N(c4ccccc4)C(=O)[C@@H]32)C1. The van der Waals surface area contributed by atoms with E-state index in [1.807, 2.05) is 13.0 Å². The molecule has 4 rings (SSSR count). The molecule has 2 aliphatic carbocycles. The van der Waals surface area contributed by atoms with Crippen LogP contribution in [0.4, 0.5) is 5.69 Å². The molecule has 1 aromatic carbocycles. The standard InChI is InChI=1S/C24H27NO5/c1-14-11-20-21(23(28)25(22(20)27)16-8-4-3-5-9-16)19-13-17(26)10-6-7-15(12-18(14)19)24(29)30-2/h3-5,8-9,15,19-21H,6-7,10-13H2,1-2H3/t15-,19+,20-,21+/m0/s1. The van der Waals surface area contributed by atoms with Crippen molar-refractivity contribution < 1.29 is 23.9 Å². The van der Waals surface area contributed by atoms with Gasteiger partial charge in [-0.05, 0) is 50.7 Å². The Morgan fingerprint density at radius 3 is 2.43 bits per heavy atom. The Kier molecular flexibility index (Phi) is 5.58. The number of nitrogens with zero attached hydrogens (tertiary/aromatic N) is 1. The van der Waals surface area contributed by atoms with Crippen molar-refractivity contribution in [2.75, 3.05) is 12.0 Å². The van der Waals surface area contributed by atoms with Crippen molar-refractivity contribution >= 4 is 29.3 Å². The van der Waals surface area contributed by atoms with Gasteiger partial charge < -0.3 is 4.74 Å². The van der Waals surface area contributed by atoms with E-state index in [0.717, 1.165) is 11.1 Å². The van der Waals surface area contributed by atoms with Gasteiger partial charge in [-0.15, -0.1) is 0 Å². The summed E-state index contributed by atoms with van der Waals surface area (Å²) in [6.07, 6.45) is 2.86. The third kappa shape index (κ3) is 3.48. The van der Waals surface area contributed by atoms with Crippen LogP contribution < -0.4 is 4.90 Å². The van der Waals surface area contributed by atoms with E-state index in [-0.39, 0.29) is 41.8 Å². The lowest BCUT2D eigenvalue weighted by Crippen LogP contribution is -2.35. The lowest BCUT2D eigenvalue weighted by Gasteiger charge is -2.35. The average molecular weight is 409 g/mol. The van der Waals surface area contributed by atoms with Gasteiger partial charge >= 0.3 is 5.97 Å². The number of anilines is 1. The fourth-order valence-electron chi connectivity index (χ4n) is 5.45. The zero-order valence-corrected chi connectivity index (χ0v) is 17.4. The molecule has 158 valence electrons. The van der Waals surface area contributed by atoms with Crippen LogP contribution in [-0.4, -0.2) is 30.7 Å². The maximum atomic E-state index is 13.5. The minimum Gasteiger partial charge on any atom is -0.469 e. The predicted molar refractivity (Wildman–Crippen MR) is 110 cm³/mol. The molecule has 0 aromatic heterocycles. The molecule has 0 bridgehead atoms. The topological polar surface area (TPSA) is 80.8 Å². The predicted octanol–water partition coefficient (Wildman–Crippen LogP) is 3.45. The number of fused-ring (bicyclic) bond motifs is 3. The fraction of sp³-hybridized carbons (Fsp3) is 0.500. The minimum absolute atomic E-state index is 0.0925. The highest BCUT2D eigenvalue weighted by atomic mass is 16.5. The summed E-state index contributed by atoms with van der Waals surface area (Å²) in [5, 5.41) is 0. The number of esters is 1. The molecular weight excluding hydrogens is 382 g/mol. The quantitative estimate of drug-likeness (QED) is 0.425. The van der Waals surface area contributed by atoms with E-state index in [9.17, 15) is 19.2 Å². The summed E-state index contributed by atoms with van der Waals surface area (Å²) in [7, 11) is 1.38. The third-order valence-electron chi connectivity index (χ3n) is 6.90. The third-order valence-corrected chi connectivity index (χ3v) is 6.90. The van der Waals surface area contributed by atoms with Crippen molar-refractivity contribution in [3.63, 3.8) is 0 Å². The van der Waals surface area contributed by atoms with Crippen molar-refractivity contribution in [2.45, 2.75) is 45.4 Å². The number of hydrogen-bond donors (Lipinski definition) is 0. The molecule has 1 aromatic rings. The number of amides is 2. The van der Waals surface area contributed by atoms with Gasteiger partial charge in [0.15, 0.2) is 0 Å². The Morgan fingerprint density at radius 2 is 1.73 bits per heavy atom. The number of ketones is 1. The second-order valence-electron chi connectivity index (χ2n) is 8.66. The lowest BCUT2D eigenvalue weighted by atomic mass is 9.67. The van der Waals surface area contributed by atoms with E-state index in [1.54, 1.807) is 24.3 Å². The number of allylic oxidation sites excluding steroid dienone is 2. The van der Waals surface area contributed by atoms with E-state index in [2.05, 4.69) is 0 Å². The first-order valence-electron chi connectivity index (χ1n) is 10.6. The summed E-state index contributed by atoms with van der Waals surface area (Å²) in [5.74, 6) is -2.23. The number of benzene rings is 1. The Morgan fingerprint density at radius 1 is 1.00 bits per heavy atom. The highest BCUT2D eigenvalue weighted by Gasteiger charge is 2.54. The number of ether oxygens (including phenoxy) is 1. The zero-order chi connectivity index (χ0) is 21.4. The zero-order valence-electron chi connectivity index (χ0n) is 17.4. The van der Waals surface area contributed by atoms with Gasteiger partial charge in [-0.2, -0.15) is 0 Å². The second kappa shape index (κ2) is 8.17. The largest absolute Gasteiger partial charge is 0.469 e. The number of hydrogen-bond acceptors (Lipinski definition) is 5. The molecule has 30 heavy (non-hydrogen) atoms. The van der Waals surface area contributed by atoms with Crippen LogP contribution in [0.3, 0.4) is 0 Å². The number of carbonyl (C=O) groups excluding carboxylic acids is 4. The maximum Gasteiger partial charge on any atom is 0.308 e. The molecule has 6 nitrogen and oxygen atoms in total. The molecule has 1 aliphatic heterocycles. The van der Waals surface area contributed by atoms with Crippen molar-refractivity contribution in [1.82, 2.24) is 0 Å².